The number of aromatic amines is 1. The number of hydrogen-bond acceptors (Lipinski definition) is 10. The highest BCUT2D eigenvalue weighted by Gasteiger charge is 2.38. The van der Waals surface area contributed by atoms with E-state index >= 15 is 0 Å². The van der Waals surface area contributed by atoms with E-state index in [4.69, 9.17) is 4.42 Å². The number of rotatable bonds is 7. The van der Waals surface area contributed by atoms with Crippen molar-refractivity contribution in [1.29, 1.82) is 0 Å². The first-order chi connectivity index (χ1) is 20.9. The van der Waals surface area contributed by atoms with Crippen LogP contribution in [0.25, 0.3) is 11.1 Å². The molecule has 0 bridgehead atoms. The maximum Gasteiger partial charge on any atom is 0.340 e. The molecular weight excluding hydrogens is 600 g/mol. The van der Waals surface area contributed by atoms with Gasteiger partial charge in [0.1, 0.15) is 23.5 Å². The van der Waals surface area contributed by atoms with E-state index in [1.807, 2.05) is 6.92 Å². The molecule has 0 spiro atoms. The van der Waals surface area contributed by atoms with Gasteiger partial charge in [-0.25, -0.2) is 14.4 Å². The second-order valence-electron chi connectivity index (χ2n) is 10.9. The lowest BCUT2D eigenvalue weighted by Crippen LogP contribution is -2.58. The number of H-pyrrole nitrogens is 1. The minimum Gasteiger partial charge on any atom is -0.465 e. The first-order valence-corrected chi connectivity index (χ1v) is 15.0. The number of amides is 4. The second kappa shape index (κ2) is 17.4. The number of aromatic nitrogens is 2. The molecule has 3 heterocycles. The molecule has 1 aliphatic heterocycles. The van der Waals surface area contributed by atoms with Crippen molar-refractivity contribution in [3.63, 3.8) is 0 Å². The molecule has 14 nitrogen and oxygen atoms in total. The lowest BCUT2D eigenvalue weighted by molar-refractivity contribution is -0.150. The molecule has 1 atom stereocenters. The molecule has 2 aromatic rings. The summed E-state index contributed by atoms with van der Waals surface area (Å²) in [5.74, 6) is -1.94. The maximum absolute atomic E-state index is 12.6. The SMILES string of the molecule is C.C.CCOC(=O)C(C)C(=O)CC.CCc1c(C)c(=O)oc2[nH]c(=O)n(C3CCC3)c(=O)c12.O=C1CC(=O)N(C2CCC2)C(=O)N1. The van der Waals surface area contributed by atoms with Gasteiger partial charge in [0.25, 0.3) is 5.56 Å². The van der Waals surface area contributed by atoms with E-state index in [1.165, 1.54) is 9.47 Å². The number of fused-ring (bicyclic) bond motifs is 1. The molecule has 1 unspecified atom stereocenters. The number of nitrogens with one attached hydrogen (secondary N) is 2. The van der Waals surface area contributed by atoms with Gasteiger partial charge in [-0.2, -0.15) is 0 Å². The highest BCUT2D eigenvalue weighted by molar-refractivity contribution is 6.14. The third-order valence-corrected chi connectivity index (χ3v) is 8.10. The summed E-state index contributed by atoms with van der Waals surface area (Å²) < 4.78 is 11.0. The summed E-state index contributed by atoms with van der Waals surface area (Å²) in [7, 11) is 0. The molecule has 5 rings (SSSR count). The zero-order valence-electron chi connectivity index (χ0n) is 25.8. The van der Waals surface area contributed by atoms with Gasteiger partial charge in [0.15, 0.2) is 0 Å². The van der Waals surface area contributed by atoms with E-state index < -0.39 is 35.1 Å². The van der Waals surface area contributed by atoms with Gasteiger partial charge in [-0.05, 0) is 71.3 Å². The topological polar surface area (TPSA) is 195 Å². The van der Waals surface area contributed by atoms with Crippen molar-refractivity contribution in [2.75, 3.05) is 6.61 Å². The molecule has 46 heavy (non-hydrogen) atoms. The molecule has 2 aromatic heterocycles. The van der Waals surface area contributed by atoms with Crippen molar-refractivity contribution in [1.82, 2.24) is 19.8 Å². The summed E-state index contributed by atoms with van der Waals surface area (Å²) in [6.45, 7) is 8.88. The number of ether oxygens (including phenoxy) is 1. The van der Waals surface area contributed by atoms with Crippen molar-refractivity contribution < 1.29 is 33.1 Å². The Labute approximate surface area is 267 Å². The van der Waals surface area contributed by atoms with Gasteiger partial charge in [0.2, 0.25) is 17.5 Å². The number of urea groups is 1. The first kappa shape index (κ1) is 39.7. The number of Topliss-reactive ketones (excluding diaryl/α,β-unsaturated/α-hetero) is 1. The van der Waals surface area contributed by atoms with Crippen LogP contribution in [0.15, 0.2) is 18.8 Å². The van der Waals surface area contributed by atoms with Crippen LogP contribution in [0, 0.1) is 12.8 Å². The number of nitrogens with zero attached hydrogens (tertiary/aromatic N) is 2. The summed E-state index contributed by atoms with van der Waals surface area (Å²) in [6, 6.07) is -0.556. The minimum atomic E-state index is -0.597. The van der Waals surface area contributed by atoms with Crippen LogP contribution in [0.1, 0.15) is 111 Å². The van der Waals surface area contributed by atoms with Gasteiger partial charge in [-0.3, -0.25) is 43.7 Å². The fourth-order valence-electron chi connectivity index (χ4n) is 5.05. The third-order valence-electron chi connectivity index (χ3n) is 8.10. The summed E-state index contributed by atoms with van der Waals surface area (Å²) in [5, 5.41) is 2.47. The van der Waals surface area contributed by atoms with E-state index in [-0.39, 0.29) is 56.3 Å². The Morgan fingerprint density at radius 3 is 2.00 bits per heavy atom. The lowest BCUT2D eigenvalue weighted by atomic mass is 9.91. The van der Waals surface area contributed by atoms with Gasteiger partial charge in [0, 0.05) is 24.1 Å². The molecule has 2 aliphatic carbocycles. The van der Waals surface area contributed by atoms with Crippen molar-refractivity contribution in [3.8, 4) is 0 Å². The molecular formula is C32H48N4O10. The monoisotopic (exact) mass is 648 g/mol. The van der Waals surface area contributed by atoms with E-state index in [0.717, 1.165) is 38.5 Å². The van der Waals surface area contributed by atoms with Crippen molar-refractivity contribution in [2.45, 2.75) is 119 Å². The summed E-state index contributed by atoms with van der Waals surface area (Å²) in [5.41, 5.74) is -0.276. The van der Waals surface area contributed by atoms with Crippen molar-refractivity contribution in [2.24, 2.45) is 5.92 Å². The Kier molecular flexibility index (Phi) is 15.0. The number of esters is 1. The summed E-state index contributed by atoms with van der Waals surface area (Å²) in [4.78, 5) is 95.2. The molecule has 0 aromatic carbocycles. The lowest BCUT2D eigenvalue weighted by Gasteiger charge is -2.37. The zero-order valence-corrected chi connectivity index (χ0v) is 25.8. The largest absolute Gasteiger partial charge is 0.465 e. The molecule has 256 valence electrons. The van der Waals surface area contributed by atoms with Crippen LogP contribution >= 0.6 is 0 Å². The number of barbiturate groups is 1. The molecule has 3 aliphatic rings. The van der Waals surface area contributed by atoms with Crippen LogP contribution in [0.3, 0.4) is 0 Å². The Balaban J connectivity index is 0.000000358. The van der Waals surface area contributed by atoms with Crippen LogP contribution < -0.4 is 22.2 Å². The average Bonchev–Trinajstić information content (AvgIpc) is 2.92. The van der Waals surface area contributed by atoms with Gasteiger partial charge in [0.05, 0.1) is 6.61 Å². The number of imide groups is 2. The highest BCUT2D eigenvalue weighted by Crippen LogP contribution is 2.29. The number of ketones is 1. The van der Waals surface area contributed by atoms with Crippen molar-refractivity contribution >= 4 is 40.7 Å². The summed E-state index contributed by atoms with van der Waals surface area (Å²) >= 11 is 0. The van der Waals surface area contributed by atoms with Crippen LogP contribution in [0.5, 0.6) is 0 Å². The van der Waals surface area contributed by atoms with Crippen LogP contribution in [0.2, 0.25) is 0 Å². The normalized spacial score (nSPS) is 16.5. The van der Waals surface area contributed by atoms with Crippen LogP contribution in [-0.2, 0) is 30.3 Å². The number of aryl methyl sites for hydroxylation is 1. The number of carbonyl (C=O) groups is 5. The molecule has 2 N–H and O–H groups in total. The fraction of sp³-hybridized carbons (Fsp3) is 0.625. The third kappa shape index (κ3) is 8.67. The Bertz CT molecular complexity index is 1590. The van der Waals surface area contributed by atoms with Crippen LogP contribution in [0.4, 0.5) is 4.79 Å². The fourth-order valence-corrected chi connectivity index (χ4v) is 5.05. The van der Waals surface area contributed by atoms with Crippen molar-refractivity contribution in [3.05, 3.63) is 42.4 Å². The summed E-state index contributed by atoms with van der Waals surface area (Å²) in [6.07, 6.45) is 6.23. The number of hydrogen-bond donors (Lipinski definition) is 2. The molecule has 4 amide bonds. The predicted molar refractivity (Wildman–Crippen MR) is 172 cm³/mol. The van der Waals surface area contributed by atoms with Gasteiger partial charge in [-0.1, -0.05) is 28.7 Å². The van der Waals surface area contributed by atoms with E-state index in [2.05, 4.69) is 15.0 Å². The van der Waals surface area contributed by atoms with Gasteiger partial charge in [-0.15, -0.1) is 0 Å². The highest BCUT2D eigenvalue weighted by atomic mass is 16.5. The minimum absolute atomic E-state index is 0. The number of carbonyl (C=O) groups excluding carboxylic acids is 5. The molecule has 14 heteroatoms. The van der Waals surface area contributed by atoms with Crippen LogP contribution in [-0.4, -0.2) is 56.7 Å². The second-order valence-corrected chi connectivity index (χ2v) is 10.9. The standard InChI is InChI=1S/C14H16N2O4.C8H10N2O3.C8H14O3.2CH4/c1-3-9-7(2)13(18)20-11-10(9)12(17)16(14(19)15-11)8-5-4-6-8;11-6-4-7(12)10(8(13)9-6)5-2-1-3-5;1-4-7(9)6(3)8(10)11-5-2;;/h8H,3-6H2,1-2H3,(H,15,19);5H,1-4H2,(H,9,11,13);6H,4-5H2,1-3H3;2*1H4. The molecule has 0 radical (unpaired) electrons. The van der Waals surface area contributed by atoms with E-state index in [1.54, 1.807) is 27.7 Å². The molecule has 1 saturated heterocycles. The Morgan fingerprint density at radius 2 is 1.54 bits per heavy atom. The van der Waals surface area contributed by atoms with E-state index in [9.17, 15) is 38.4 Å². The maximum atomic E-state index is 12.6. The first-order valence-electron chi connectivity index (χ1n) is 15.0. The van der Waals surface area contributed by atoms with Gasteiger partial charge < -0.3 is 9.15 Å². The molecule has 2 saturated carbocycles. The van der Waals surface area contributed by atoms with E-state index in [0.29, 0.717) is 36.0 Å². The smallest absolute Gasteiger partial charge is 0.340 e. The predicted octanol–water partition coefficient (Wildman–Crippen LogP) is 3.68. The Morgan fingerprint density at radius 1 is 0.957 bits per heavy atom. The zero-order chi connectivity index (χ0) is 32.7. The van der Waals surface area contributed by atoms with Gasteiger partial charge >= 0.3 is 23.3 Å². The Hall–Kier alpha value is -4.36. The average molecular weight is 649 g/mol. The quantitative estimate of drug-likeness (QED) is 0.330. The molecule has 3 fully saturated rings.